The van der Waals surface area contributed by atoms with Crippen molar-refractivity contribution in [2.24, 2.45) is 11.8 Å². The van der Waals surface area contributed by atoms with E-state index >= 15 is 0 Å². The Morgan fingerprint density at radius 2 is 2.08 bits per heavy atom. The van der Waals surface area contributed by atoms with Crippen LogP contribution in [0, 0.1) is 23.2 Å². The number of carbonyl (C=O) groups is 4. The average molecular weight is 541 g/mol. The van der Waals surface area contributed by atoms with Gasteiger partial charge in [0.2, 0.25) is 11.8 Å². The molecule has 11 nitrogen and oxygen atoms in total. The van der Waals surface area contributed by atoms with Gasteiger partial charge in [-0.1, -0.05) is 6.92 Å². The molecule has 4 aliphatic rings. The van der Waals surface area contributed by atoms with Crippen molar-refractivity contribution in [1.29, 1.82) is 5.26 Å². The number of carboxylic acids is 1. The van der Waals surface area contributed by atoms with Crippen molar-refractivity contribution in [1.82, 2.24) is 25.8 Å². The van der Waals surface area contributed by atoms with Gasteiger partial charge < -0.3 is 25.5 Å². The van der Waals surface area contributed by atoms with Crippen LogP contribution < -0.4 is 16.0 Å². The zero-order valence-corrected chi connectivity index (χ0v) is 21.3. The van der Waals surface area contributed by atoms with Gasteiger partial charge in [-0.05, 0) is 19.8 Å². The summed E-state index contributed by atoms with van der Waals surface area (Å²) in [6, 6.07) is 0.282. The van der Waals surface area contributed by atoms with E-state index in [1.54, 1.807) is 11.8 Å². The summed E-state index contributed by atoms with van der Waals surface area (Å²) in [5.74, 6) is -4.44. The Morgan fingerprint density at radius 3 is 2.73 bits per heavy atom. The standard InChI is InChI=1S/C23H30F2N6O5S/c1-10-16-15(11(2)29-20(32)19(24)25)22(34)31(16)17(23(35)36)18(10)37-13-7-14(28-8-13)21(33)30-6-3-12(9-30)27-5-4-26/h10-16,19,27-28H,3,5-9H2,1-2H3,(H,29,32)(H,35,36)/t10-,11-,12+,13+,14+,15-,16-/m1/s1. The summed E-state index contributed by atoms with van der Waals surface area (Å²) in [5.41, 5.74) is -0.114. The van der Waals surface area contributed by atoms with Crippen molar-refractivity contribution in [2.75, 3.05) is 26.2 Å². The lowest BCUT2D eigenvalue weighted by Crippen LogP contribution is -2.66. The number of aliphatic carboxylic acids is 1. The van der Waals surface area contributed by atoms with Gasteiger partial charge in [-0.3, -0.25) is 19.7 Å². The molecule has 0 unspecified atom stereocenters. The number of carbonyl (C=O) groups excluding carboxylic acids is 3. The second kappa shape index (κ2) is 10.9. The van der Waals surface area contributed by atoms with Gasteiger partial charge in [0.15, 0.2) is 0 Å². The molecule has 3 saturated heterocycles. The highest BCUT2D eigenvalue weighted by atomic mass is 32.2. The molecule has 0 aromatic rings. The van der Waals surface area contributed by atoms with Gasteiger partial charge in [0.05, 0.1) is 30.6 Å². The van der Waals surface area contributed by atoms with Gasteiger partial charge in [-0.2, -0.15) is 14.0 Å². The predicted molar refractivity (Wildman–Crippen MR) is 128 cm³/mol. The lowest BCUT2D eigenvalue weighted by Gasteiger charge is -2.47. The van der Waals surface area contributed by atoms with Crippen LogP contribution >= 0.6 is 11.8 Å². The summed E-state index contributed by atoms with van der Waals surface area (Å²) in [6.45, 7) is 5.10. The molecule has 4 N–H and O–H groups in total. The number of hydrogen-bond acceptors (Lipinski definition) is 8. The molecular weight excluding hydrogens is 510 g/mol. The van der Waals surface area contributed by atoms with Crippen molar-refractivity contribution in [3.05, 3.63) is 10.6 Å². The molecule has 14 heteroatoms. The number of nitrogens with zero attached hydrogens (tertiary/aromatic N) is 3. The first kappa shape index (κ1) is 27.3. The van der Waals surface area contributed by atoms with Crippen LogP contribution in [-0.4, -0.2) is 101 Å². The fourth-order valence-electron chi connectivity index (χ4n) is 5.77. The highest BCUT2D eigenvalue weighted by Crippen LogP contribution is 2.51. The molecule has 7 atom stereocenters. The molecule has 37 heavy (non-hydrogen) atoms. The zero-order valence-electron chi connectivity index (χ0n) is 20.4. The Hall–Kier alpha value is -2.76. The Kier molecular flexibility index (Phi) is 8.05. The highest BCUT2D eigenvalue weighted by Gasteiger charge is 2.60. The largest absolute Gasteiger partial charge is 0.477 e. The first-order chi connectivity index (χ1) is 17.5. The summed E-state index contributed by atoms with van der Waals surface area (Å²) in [5, 5.41) is 27.0. The number of nitrogens with one attached hydrogen (secondary N) is 3. The molecule has 0 bridgehead atoms. The SMILES string of the molecule is C[C@@H](NC(=O)C(F)F)[C@H]1C(=O)N2C(C(=O)O)=C(S[C@@H]3CN[C@H](C(=O)N4CC[C@H](NCC#N)C4)C3)[C@H](C)[C@H]12. The molecule has 0 aromatic carbocycles. The van der Waals surface area contributed by atoms with E-state index in [4.69, 9.17) is 5.26 Å². The van der Waals surface area contributed by atoms with Crippen molar-refractivity contribution >= 4 is 35.5 Å². The molecule has 4 aliphatic heterocycles. The molecule has 202 valence electrons. The lowest BCUT2D eigenvalue weighted by atomic mass is 9.78. The number of fused-ring (bicyclic) bond motifs is 1. The van der Waals surface area contributed by atoms with Crippen LogP contribution in [0.1, 0.15) is 26.7 Å². The second-order valence-electron chi connectivity index (χ2n) is 9.87. The minimum atomic E-state index is -3.21. The van der Waals surface area contributed by atoms with E-state index in [1.165, 1.54) is 23.6 Å². The molecule has 0 spiro atoms. The maximum Gasteiger partial charge on any atom is 0.353 e. The van der Waals surface area contributed by atoms with Crippen LogP contribution in [-0.2, 0) is 19.2 Å². The minimum Gasteiger partial charge on any atom is -0.477 e. The van der Waals surface area contributed by atoms with E-state index < -0.39 is 48.3 Å². The number of β-lactam (4-membered cyclic amide) rings is 1. The summed E-state index contributed by atoms with van der Waals surface area (Å²) < 4.78 is 25.4. The Bertz CT molecular complexity index is 1050. The number of alkyl halides is 2. The molecule has 4 rings (SSSR count). The zero-order chi connectivity index (χ0) is 27.0. The maximum atomic E-state index is 13.0. The molecule has 0 aliphatic carbocycles. The molecule has 0 saturated carbocycles. The van der Waals surface area contributed by atoms with Gasteiger partial charge in [0.25, 0.3) is 5.91 Å². The Morgan fingerprint density at radius 1 is 1.35 bits per heavy atom. The third kappa shape index (κ3) is 5.17. The Labute approximate surface area is 217 Å². The predicted octanol–water partition coefficient (Wildman–Crippen LogP) is -0.293. The number of hydrogen-bond donors (Lipinski definition) is 4. The Balaban J connectivity index is 1.39. The van der Waals surface area contributed by atoms with Crippen LogP contribution in [0.4, 0.5) is 8.78 Å². The van der Waals surface area contributed by atoms with Crippen LogP contribution in [0.2, 0.25) is 0 Å². The number of likely N-dealkylation sites (tertiary alicyclic amines) is 1. The van der Waals surface area contributed by atoms with Crippen molar-refractivity contribution in [3.8, 4) is 6.07 Å². The van der Waals surface area contributed by atoms with Crippen LogP contribution in [0.15, 0.2) is 10.6 Å². The minimum absolute atomic E-state index is 0.0288. The van der Waals surface area contributed by atoms with Gasteiger partial charge in [0.1, 0.15) is 5.70 Å². The van der Waals surface area contributed by atoms with Gasteiger partial charge in [-0.15, -0.1) is 11.8 Å². The third-order valence-corrected chi connectivity index (χ3v) is 9.06. The quantitative estimate of drug-likeness (QED) is 0.228. The van der Waals surface area contributed by atoms with Crippen LogP contribution in [0.3, 0.4) is 0 Å². The topological polar surface area (TPSA) is 155 Å². The molecule has 3 fully saturated rings. The number of rotatable bonds is 9. The van der Waals surface area contributed by atoms with Gasteiger partial charge >= 0.3 is 12.4 Å². The maximum absolute atomic E-state index is 13.0. The first-order valence-electron chi connectivity index (χ1n) is 12.2. The average Bonchev–Trinajstić information content (AvgIpc) is 3.56. The molecular formula is C23H30F2N6O5S. The van der Waals surface area contributed by atoms with E-state index in [1.807, 2.05) is 6.07 Å². The first-order valence-corrected chi connectivity index (χ1v) is 13.1. The number of thioether (sulfide) groups is 1. The summed E-state index contributed by atoms with van der Waals surface area (Å²) in [4.78, 5) is 52.9. The number of nitriles is 1. The van der Waals surface area contributed by atoms with Crippen molar-refractivity contribution in [2.45, 2.75) is 62.5 Å². The number of amides is 3. The van der Waals surface area contributed by atoms with Crippen LogP contribution in [0.25, 0.3) is 0 Å². The monoisotopic (exact) mass is 540 g/mol. The van der Waals surface area contributed by atoms with E-state index in [2.05, 4.69) is 16.0 Å². The van der Waals surface area contributed by atoms with E-state index in [9.17, 15) is 33.1 Å². The van der Waals surface area contributed by atoms with Crippen molar-refractivity contribution in [3.63, 3.8) is 0 Å². The third-order valence-electron chi connectivity index (χ3n) is 7.55. The number of carboxylic acid groups (broad SMARTS) is 1. The summed E-state index contributed by atoms with van der Waals surface area (Å²) in [7, 11) is 0. The van der Waals surface area contributed by atoms with Crippen LogP contribution in [0.5, 0.6) is 0 Å². The fourth-order valence-corrected chi connectivity index (χ4v) is 7.25. The van der Waals surface area contributed by atoms with E-state index in [-0.39, 0.29) is 35.4 Å². The number of halogens is 2. The molecule has 4 heterocycles. The normalized spacial score (nSPS) is 31.8. The molecule has 0 aromatic heterocycles. The summed E-state index contributed by atoms with van der Waals surface area (Å²) in [6.07, 6.45) is -1.95. The molecule has 0 radical (unpaired) electrons. The van der Waals surface area contributed by atoms with Gasteiger partial charge in [0, 0.05) is 47.8 Å². The fraction of sp³-hybridized carbons (Fsp3) is 0.696. The summed E-state index contributed by atoms with van der Waals surface area (Å²) >= 11 is 1.33. The van der Waals surface area contributed by atoms with Crippen molar-refractivity contribution < 1.29 is 33.1 Å². The van der Waals surface area contributed by atoms with Gasteiger partial charge in [-0.25, -0.2) is 4.79 Å². The lowest BCUT2D eigenvalue weighted by molar-refractivity contribution is -0.159. The van der Waals surface area contributed by atoms with E-state index in [0.717, 1.165) is 6.42 Å². The highest BCUT2D eigenvalue weighted by molar-refractivity contribution is 8.03. The van der Waals surface area contributed by atoms with E-state index in [0.29, 0.717) is 31.0 Å². The smallest absolute Gasteiger partial charge is 0.353 e. The second-order valence-corrected chi connectivity index (χ2v) is 11.2. The molecule has 3 amide bonds.